The van der Waals surface area contributed by atoms with Gasteiger partial charge in [0.15, 0.2) is 5.43 Å². The van der Waals surface area contributed by atoms with Crippen molar-refractivity contribution in [2.45, 2.75) is 89.6 Å². The van der Waals surface area contributed by atoms with Gasteiger partial charge in [-0.15, -0.1) is 0 Å². The Morgan fingerprint density at radius 2 is 1.39 bits per heavy atom. The van der Waals surface area contributed by atoms with E-state index in [4.69, 9.17) is 5.11 Å². The first kappa shape index (κ1) is 36.4. The molecule has 46 heavy (non-hydrogen) atoms. The summed E-state index contributed by atoms with van der Waals surface area (Å²) in [6.07, 6.45) is 8.07. The van der Waals surface area contributed by atoms with Gasteiger partial charge in [0.2, 0.25) is 17.7 Å². The SMILES string of the molecule is CCCCC(=O)NCCCCCC(=O)NCCCCCC(=O)Nc1ccc2[nH]c(C(=O)O)cc(=O)c2c1.O=C1N[C@H]2CSC[C@H]2N1. The Kier molecular flexibility index (Phi) is 15.4. The first-order valence-corrected chi connectivity index (χ1v) is 17.2. The zero-order chi connectivity index (χ0) is 33.3. The number of carbonyl (C=O) groups is 5. The van der Waals surface area contributed by atoms with E-state index in [2.05, 4.69) is 38.5 Å². The summed E-state index contributed by atoms with van der Waals surface area (Å²) >= 11 is 1.89. The van der Waals surface area contributed by atoms with Gasteiger partial charge in [-0.25, -0.2) is 9.59 Å². The van der Waals surface area contributed by atoms with Crippen molar-refractivity contribution < 1.29 is 29.1 Å². The number of thioether (sulfide) groups is 1. The summed E-state index contributed by atoms with van der Waals surface area (Å²) in [4.78, 5) is 72.2. The standard InChI is InChI=1S/C27H38N4O6.C5H8N2OS/c1-2-3-10-24(33)28-15-8-4-6-11-25(34)29-16-9-5-7-12-26(35)30-19-13-14-21-20(17-19)23(32)18-22(31-21)27(36)37;8-5-6-3-1-9-2-4(3)7-5/h13-14,17-18H,2-12,15-16H2,1H3,(H,28,33)(H,29,34)(H,30,35)(H,31,32)(H,36,37);3-4H,1-2H2,(H2,6,7,8)/t;3-,4+. The van der Waals surface area contributed by atoms with Crippen molar-refractivity contribution in [1.82, 2.24) is 26.3 Å². The van der Waals surface area contributed by atoms with Crippen LogP contribution in [0, 0.1) is 0 Å². The van der Waals surface area contributed by atoms with Crippen LogP contribution in [0.2, 0.25) is 0 Å². The molecule has 7 N–H and O–H groups in total. The normalized spacial score (nSPS) is 16.4. The van der Waals surface area contributed by atoms with E-state index >= 15 is 0 Å². The van der Waals surface area contributed by atoms with Crippen LogP contribution in [0.15, 0.2) is 29.1 Å². The Labute approximate surface area is 272 Å². The Morgan fingerprint density at radius 3 is 1.98 bits per heavy atom. The van der Waals surface area contributed by atoms with Crippen LogP contribution in [0.4, 0.5) is 10.5 Å². The van der Waals surface area contributed by atoms with Crippen LogP contribution in [0.3, 0.4) is 0 Å². The third-order valence-electron chi connectivity index (χ3n) is 7.62. The second-order valence-corrected chi connectivity index (χ2v) is 12.5. The molecule has 0 aliphatic carbocycles. The molecule has 13 nitrogen and oxygen atoms in total. The molecule has 5 amide bonds. The number of aromatic carboxylic acids is 1. The fourth-order valence-electron chi connectivity index (χ4n) is 5.03. The summed E-state index contributed by atoms with van der Waals surface area (Å²) in [7, 11) is 0. The number of anilines is 1. The largest absolute Gasteiger partial charge is 0.477 e. The number of aromatic nitrogens is 1. The molecule has 3 heterocycles. The molecule has 0 bridgehead atoms. The smallest absolute Gasteiger partial charge is 0.352 e. The lowest BCUT2D eigenvalue weighted by Crippen LogP contribution is -2.31. The predicted molar refractivity (Wildman–Crippen MR) is 179 cm³/mol. The molecule has 0 spiro atoms. The van der Waals surface area contributed by atoms with Crippen molar-refractivity contribution in [2.75, 3.05) is 29.9 Å². The average molecular weight is 659 g/mol. The zero-order valence-electron chi connectivity index (χ0n) is 26.4. The molecule has 2 aliphatic rings. The molecule has 1 aromatic carbocycles. The van der Waals surface area contributed by atoms with Gasteiger partial charge in [-0.1, -0.05) is 26.2 Å². The van der Waals surface area contributed by atoms with Crippen LogP contribution in [0.5, 0.6) is 0 Å². The molecule has 0 radical (unpaired) electrons. The molecule has 14 heteroatoms. The highest BCUT2D eigenvalue weighted by Crippen LogP contribution is 2.21. The van der Waals surface area contributed by atoms with E-state index in [0.29, 0.717) is 67.4 Å². The van der Waals surface area contributed by atoms with E-state index in [-0.39, 0.29) is 29.4 Å². The summed E-state index contributed by atoms with van der Waals surface area (Å²) in [5.74, 6) is 0.870. The summed E-state index contributed by atoms with van der Waals surface area (Å²) in [5.41, 5.74) is 0.231. The number of rotatable bonds is 17. The summed E-state index contributed by atoms with van der Waals surface area (Å²) < 4.78 is 0. The minimum atomic E-state index is -1.22. The second kappa shape index (κ2) is 19.4. The predicted octanol–water partition coefficient (Wildman–Crippen LogP) is 3.49. The van der Waals surface area contributed by atoms with Crippen molar-refractivity contribution in [3.8, 4) is 0 Å². The highest BCUT2D eigenvalue weighted by molar-refractivity contribution is 7.99. The highest BCUT2D eigenvalue weighted by atomic mass is 32.2. The van der Waals surface area contributed by atoms with Gasteiger partial charge in [0, 0.05) is 61.0 Å². The number of nitrogens with one attached hydrogen (secondary N) is 6. The number of hydrogen-bond donors (Lipinski definition) is 7. The first-order valence-electron chi connectivity index (χ1n) is 16.0. The van der Waals surface area contributed by atoms with E-state index in [1.165, 1.54) is 6.07 Å². The molecule has 2 atom stereocenters. The van der Waals surface area contributed by atoms with Gasteiger partial charge in [0.25, 0.3) is 0 Å². The maximum atomic E-state index is 12.2. The van der Waals surface area contributed by atoms with Crippen molar-refractivity contribution in [3.63, 3.8) is 0 Å². The number of urea groups is 1. The molecule has 0 unspecified atom stereocenters. The van der Waals surface area contributed by atoms with Gasteiger partial charge in [-0.05, 0) is 50.3 Å². The number of pyridine rings is 1. The van der Waals surface area contributed by atoms with Gasteiger partial charge in [-0.2, -0.15) is 11.8 Å². The maximum Gasteiger partial charge on any atom is 0.352 e. The van der Waals surface area contributed by atoms with Crippen molar-refractivity contribution in [1.29, 1.82) is 0 Å². The fourth-order valence-corrected chi connectivity index (χ4v) is 6.30. The molecule has 2 aliphatic heterocycles. The Hall–Kier alpha value is -4.07. The summed E-state index contributed by atoms with van der Waals surface area (Å²) in [6, 6.07) is 6.54. The number of hydrogen-bond acceptors (Lipinski definition) is 7. The summed E-state index contributed by atoms with van der Waals surface area (Å²) in [5, 5.41) is 23.6. The fraction of sp³-hybridized carbons (Fsp3) is 0.562. The quantitative estimate of drug-likeness (QED) is 0.0990. The van der Waals surface area contributed by atoms with Crippen LogP contribution >= 0.6 is 11.8 Å². The van der Waals surface area contributed by atoms with Gasteiger partial charge in [0.05, 0.1) is 17.6 Å². The van der Waals surface area contributed by atoms with Crippen LogP contribution < -0.4 is 32.0 Å². The number of carbonyl (C=O) groups excluding carboxylic acids is 4. The lowest BCUT2D eigenvalue weighted by atomic mass is 10.1. The second-order valence-electron chi connectivity index (χ2n) is 11.5. The number of unbranched alkanes of at least 4 members (excludes halogenated alkanes) is 5. The molecule has 4 rings (SSSR count). The topological polar surface area (TPSA) is 199 Å². The Morgan fingerprint density at radius 1 is 0.804 bits per heavy atom. The lowest BCUT2D eigenvalue weighted by Gasteiger charge is -2.08. The number of aromatic amines is 1. The van der Waals surface area contributed by atoms with Crippen molar-refractivity contribution in [3.05, 3.63) is 40.2 Å². The van der Waals surface area contributed by atoms with Crippen molar-refractivity contribution >= 4 is 58.1 Å². The van der Waals surface area contributed by atoms with E-state index in [1.54, 1.807) is 12.1 Å². The van der Waals surface area contributed by atoms with Gasteiger partial charge >= 0.3 is 12.0 Å². The maximum absolute atomic E-state index is 12.2. The van der Waals surface area contributed by atoms with Gasteiger partial charge in [0.1, 0.15) is 5.69 Å². The van der Waals surface area contributed by atoms with E-state index in [0.717, 1.165) is 62.5 Å². The highest BCUT2D eigenvalue weighted by Gasteiger charge is 2.35. The molecular weight excluding hydrogens is 612 g/mol. The first-order chi connectivity index (χ1) is 22.2. The number of carboxylic acid groups (broad SMARTS) is 1. The minimum absolute atomic E-state index is 0.00491. The Balaban J connectivity index is 0.000000539. The number of carboxylic acids is 1. The van der Waals surface area contributed by atoms with Gasteiger partial charge < -0.3 is 36.7 Å². The van der Waals surface area contributed by atoms with E-state index in [1.807, 2.05) is 11.8 Å². The molecule has 2 aromatic rings. The van der Waals surface area contributed by atoms with Crippen molar-refractivity contribution in [2.24, 2.45) is 0 Å². The number of fused-ring (bicyclic) bond motifs is 2. The third kappa shape index (κ3) is 12.7. The molecule has 252 valence electrons. The third-order valence-corrected chi connectivity index (χ3v) is 8.81. The minimum Gasteiger partial charge on any atom is -0.477 e. The van der Waals surface area contributed by atoms with E-state index < -0.39 is 11.4 Å². The van der Waals surface area contributed by atoms with E-state index in [9.17, 15) is 28.8 Å². The molecule has 0 saturated carbocycles. The monoisotopic (exact) mass is 658 g/mol. The number of amides is 5. The van der Waals surface area contributed by atoms with Crippen LogP contribution in [-0.2, 0) is 14.4 Å². The molecule has 2 fully saturated rings. The van der Waals surface area contributed by atoms with Crippen LogP contribution in [-0.4, -0.2) is 76.5 Å². The Bertz CT molecular complexity index is 1400. The lowest BCUT2D eigenvalue weighted by molar-refractivity contribution is -0.122. The summed E-state index contributed by atoms with van der Waals surface area (Å²) in [6.45, 7) is 3.28. The molecule has 2 saturated heterocycles. The number of benzene rings is 1. The average Bonchev–Trinajstić information content (AvgIpc) is 3.61. The zero-order valence-corrected chi connectivity index (χ0v) is 27.2. The molecule has 1 aromatic heterocycles. The van der Waals surface area contributed by atoms with Gasteiger partial charge in [-0.3, -0.25) is 19.2 Å². The number of H-pyrrole nitrogens is 1. The van der Waals surface area contributed by atoms with Crippen LogP contribution in [0.1, 0.15) is 88.0 Å². The molecular formula is C32H46N6O7S. The van der Waals surface area contributed by atoms with Crippen LogP contribution in [0.25, 0.3) is 10.9 Å².